The van der Waals surface area contributed by atoms with E-state index in [0.717, 1.165) is 37.3 Å². The molecule has 1 saturated carbocycles. The van der Waals surface area contributed by atoms with Crippen LogP contribution >= 0.6 is 0 Å². The number of hydrogen-bond donors (Lipinski definition) is 0. The van der Waals surface area contributed by atoms with Crippen molar-refractivity contribution >= 4 is 5.69 Å². The number of aromatic nitrogens is 3. The van der Waals surface area contributed by atoms with Gasteiger partial charge in [-0.2, -0.15) is 5.26 Å². The van der Waals surface area contributed by atoms with Crippen LogP contribution in [0.2, 0.25) is 0 Å². The molecule has 1 aliphatic carbocycles. The molecule has 1 saturated heterocycles. The first-order valence-corrected chi connectivity index (χ1v) is 7.58. The minimum Gasteiger partial charge on any atom is -0.372 e. The van der Waals surface area contributed by atoms with Gasteiger partial charge in [0.05, 0.1) is 11.4 Å². The Balaban J connectivity index is 1.67. The minimum absolute atomic E-state index is 0.452. The number of nitrogens with zero attached hydrogens (tertiary/aromatic N) is 5. The van der Waals surface area contributed by atoms with Crippen molar-refractivity contribution in [1.29, 1.82) is 5.26 Å². The summed E-state index contributed by atoms with van der Waals surface area (Å²) in [6.45, 7) is 2.29. The highest BCUT2D eigenvalue weighted by atomic mass is 15.4. The van der Waals surface area contributed by atoms with Gasteiger partial charge in [0.15, 0.2) is 5.69 Å². The van der Waals surface area contributed by atoms with Gasteiger partial charge in [-0.1, -0.05) is 5.21 Å². The molecular formula is C16H17N5. The zero-order chi connectivity index (χ0) is 14.2. The molecular weight excluding hydrogens is 262 g/mol. The highest BCUT2D eigenvalue weighted by Crippen LogP contribution is 2.41. The van der Waals surface area contributed by atoms with E-state index >= 15 is 0 Å². The van der Waals surface area contributed by atoms with E-state index in [-0.39, 0.29) is 0 Å². The Labute approximate surface area is 123 Å². The first-order valence-electron chi connectivity index (χ1n) is 7.58. The second-order valence-electron chi connectivity index (χ2n) is 5.83. The maximum atomic E-state index is 9.17. The largest absolute Gasteiger partial charge is 0.372 e. The third-order valence-electron chi connectivity index (χ3n) is 4.34. The lowest BCUT2D eigenvalue weighted by atomic mass is 10.2. The molecule has 5 nitrogen and oxygen atoms in total. The molecule has 0 atom stereocenters. The molecule has 2 heterocycles. The van der Waals surface area contributed by atoms with Crippen LogP contribution in [0.25, 0.3) is 5.69 Å². The van der Waals surface area contributed by atoms with Gasteiger partial charge in [-0.3, -0.25) is 0 Å². The highest BCUT2D eigenvalue weighted by Gasteiger charge is 2.31. The Hall–Kier alpha value is -2.35. The molecule has 5 heteroatoms. The third-order valence-corrected chi connectivity index (χ3v) is 4.34. The number of hydrogen-bond acceptors (Lipinski definition) is 4. The number of rotatable bonds is 3. The van der Waals surface area contributed by atoms with Gasteiger partial charge in [0.1, 0.15) is 6.07 Å². The van der Waals surface area contributed by atoms with Crippen molar-refractivity contribution < 1.29 is 0 Å². The Morgan fingerprint density at radius 2 is 1.71 bits per heavy atom. The van der Waals surface area contributed by atoms with Crippen LogP contribution in [-0.2, 0) is 0 Å². The van der Waals surface area contributed by atoms with Crippen molar-refractivity contribution in [3.05, 3.63) is 35.7 Å². The van der Waals surface area contributed by atoms with Crippen LogP contribution in [0, 0.1) is 11.3 Å². The van der Waals surface area contributed by atoms with Crippen LogP contribution in [0.4, 0.5) is 5.69 Å². The van der Waals surface area contributed by atoms with E-state index in [1.807, 2.05) is 4.68 Å². The molecule has 106 valence electrons. The fourth-order valence-corrected chi connectivity index (χ4v) is 3.06. The predicted molar refractivity (Wildman–Crippen MR) is 79.5 cm³/mol. The normalized spacial score (nSPS) is 18.0. The van der Waals surface area contributed by atoms with Crippen molar-refractivity contribution in [2.75, 3.05) is 18.0 Å². The van der Waals surface area contributed by atoms with Crippen molar-refractivity contribution in [2.24, 2.45) is 0 Å². The number of anilines is 1. The summed E-state index contributed by atoms with van der Waals surface area (Å²) in [4.78, 5) is 2.41. The summed E-state index contributed by atoms with van der Waals surface area (Å²) < 4.78 is 1.84. The average molecular weight is 279 g/mol. The van der Waals surface area contributed by atoms with Crippen molar-refractivity contribution in [3.8, 4) is 11.8 Å². The smallest absolute Gasteiger partial charge is 0.186 e. The molecule has 0 N–H and O–H groups in total. The molecule has 4 rings (SSSR count). The molecule has 21 heavy (non-hydrogen) atoms. The monoisotopic (exact) mass is 279 g/mol. The zero-order valence-corrected chi connectivity index (χ0v) is 11.9. The van der Waals surface area contributed by atoms with Crippen molar-refractivity contribution in [1.82, 2.24) is 15.0 Å². The maximum Gasteiger partial charge on any atom is 0.186 e. The van der Waals surface area contributed by atoms with E-state index in [9.17, 15) is 5.26 Å². The molecule has 0 unspecified atom stereocenters. The second kappa shape index (κ2) is 4.88. The molecule has 1 aromatic carbocycles. The third kappa shape index (κ3) is 2.17. The Kier molecular flexibility index (Phi) is 2.88. The standard InChI is InChI=1S/C16H17N5/c17-11-15-16(12-3-4-12)21(19-18-15)14-7-5-13(6-8-14)20-9-1-2-10-20/h5-8,12H,1-4,9-10H2. The number of nitriles is 1. The lowest BCUT2D eigenvalue weighted by molar-refractivity contribution is 0.763. The Morgan fingerprint density at radius 3 is 2.33 bits per heavy atom. The van der Waals surface area contributed by atoms with Gasteiger partial charge >= 0.3 is 0 Å². The summed E-state index contributed by atoms with van der Waals surface area (Å²) in [6.07, 6.45) is 4.83. The predicted octanol–water partition coefficient (Wildman–Crippen LogP) is 2.62. The van der Waals surface area contributed by atoms with Gasteiger partial charge in [0.2, 0.25) is 0 Å². The molecule has 2 fully saturated rings. The summed E-state index contributed by atoms with van der Waals surface area (Å²) in [5.41, 5.74) is 3.71. The van der Waals surface area contributed by atoms with Crippen LogP contribution < -0.4 is 4.90 Å². The zero-order valence-electron chi connectivity index (χ0n) is 11.9. The first kappa shape index (κ1) is 12.4. The Morgan fingerprint density at radius 1 is 1.05 bits per heavy atom. The summed E-state index contributed by atoms with van der Waals surface area (Å²) in [5.74, 6) is 0.452. The molecule has 1 aromatic heterocycles. The van der Waals surface area contributed by atoms with E-state index in [2.05, 4.69) is 45.5 Å². The molecule has 2 aliphatic rings. The van der Waals surface area contributed by atoms with Gasteiger partial charge in [-0.25, -0.2) is 4.68 Å². The summed E-state index contributed by atoms with van der Waals surface area (Å²) in [6, 6.07) is 10.6. The lowest BCUT2D eigenvalue weighted by Gasteiger charge is -2.17. The SMILES string of the molecule is N#Cc1nnn(-c2ccc(N3CCCC3)cc2)c1C1CC1. The topological polar surface area (TPSA) is 57.7 Å². The first-order chi connectivity index (χ1) is 10.4. The maximum absolute atomic E-state index is 9.17. The van der Waals surface area contributed by atoms with Gasteiger partial charge in [0.25, 0.3) is 0 Å². The van der Waals surface area contributed by atoms with Gasteiger partial charge in [-0.15, -0.1) is 5.10 Å². The van der Waals surface area contributed by atoms with E-state index in [4.69, 9.17) is 0 Å². The van der Waals surface area contributed by atoms with Gasteiger partial charge in [0, 0.05) is 24.7 Å². The highest BCUT2D eigenvalue weighted by molar-refractivity contribution is 5.52. The van der Waals surface area contributed by atoms with Crippen LogP contribution in [0.3, 0.4) is 0 Å². The van der Waals surface area contributed by atoms with E-state index in [1.165, 1.54) is 18.5 Å². The van der Waals surface area contributed by atoms with E-state index in [0.29, 0.717) is 11.6 Å². The Bertz CT molecular complexity index is 684. The molecule has 0 radical (unpaired) electrons. The van der Waals surface area contributed by atoms with Crippen LogP contribution in [0.5, 0.6) is 0 Å². The summed E-state index contributed by atoms with van der Waals surface area (Å²) in [7, 11) is 0. The van der Waals surface area contributed by atoms with Gasteiger partial charge in [-0.05, 0) is 49.9 Å². The summed E-state index contributed by atoms with van der Waals surface area (Å²) in [5, 5.41) is 17.4. The fraction of sp³-hybridized carbons (Fsp3) is 0.438. The quantitative estimate of drug-likeness (QED) is 0.866. The minimum atomic E-state index is 0.452. The molecule has 0 amide bonds. The lowest BCUT2D eigenvalue weighted by Crippen LogP contribution is -2.17. The van der Waals surface area contributed by atoms with Crippen molar-refractivity contribution in [3.63, 3.8) is 0 Å². The van der Waals surface area contributed by atoms with Crippen molar-refractivity contribution in [2.45, 2.75) is 31.6 Å². The molecule has 0 spiro atoms. The van der Waals surface area contributed by atoms with Crippen LogP contribution in [-0.4, -0.2) is 28.1 Å². The molecule has 0 bridgehead atoms. The fourth-order valence-electron chi connectivity index (χ4n) is 3.06. The average Bonchev–Trinajstić information content (AvgIpc) is 3.06. The van der Waals surface area contributed by atoms with Gasteiger partial charge < -0.3 is 4.90 Å². The number of benzene rings is 1. The van der Waals surface area contributed by atoms with E-state index < -0.39 is 0 Å². The van der Waals surface area contributed by atoms with Crippen LogP contribution in [0.1, 0.15) is 43.0 Å². The van der Waals surface area contributed by atoms with E-state index in [1.54, 1.807) is 0 Å². The molecule has 1 aliphatic heterocycles. The summed E-state index contributed by atoms with van der Waals surface area (Å²) >= 11 is 0. The van der Waals surface area contributed by atoms with Crippen LogP contribution in [0.15, 0.2) is 24.3 Å². The second-order valence-corrected chi connectivity index (χ2v) is 5.83. The molecule has 2 aromatic rings.